The topological polar surface area (TPSA) is 52.6 Å². The molecule has 0 heterocycles. The molecule has 0 aliphatic rings. The molecule has 2 rings (SSSR count). The Labute approximate surface area is 148 Å². The lowest BCUT2D eigenvalue weighted by atomic mass is 10.1. The lowest BCUT2D eigenvalue weighted by Gasteiger charge is -2.07. The second-order valence-electron chi connectivity index (χ2n) is 5.52. The summed E-state index contributed by atoms with van der Waals surface area (Å²) in [6, 6.07) is 7.10. The van der Waals surface area contributed by atoms with Crippen LogP contribution in [0.1, 0.15) is 46.0 Å². The van der Waals surface area contributed by atoms with E-state index in [-0.39, 0.29) is 11.1 Å². The summed E-state index contributed by atoms with van der Waals surface area (Å²) in [5.74, 6) is -5.54. The fourth-order valence-electron chi connectivity index (χ4n) is 2.06. The van der Waals surface area contributed by atoms with Gasteiger partial charge in [-0.3, -0.25) is 0 Å². The van der Waals surface area contributed by atoms with Crippen molar-refractivity contribution in [1.82, 2.24) is 0 Å². The molecule has 0 saturated heterocycles. The Morgan fingerprint density at radius 3 is 1.88 bits per heavy atom. The number of hydrogen-bond acceptors (Lipinski definition) is 4. The molecule has 7 heteroatoms. The van der Waals surface area contributed by atoms with Gasteiger partial charge in [0, 0.05) is 0 Å². The highest BCUT2D eigenvalue weighted by Gasteiger charge is 2.14. The second-order valence-corrected chi connectivity index (χ2v) is 5.52. The van der Waals surface area contributed by atoms with Crippen molar-refractivity contribution >= 4 is 11.9 Å². The highest BCUT2D eigenvalue weighted by molar-refractivity contribution is 5.93. The summed E-state index contributed by atoms with van der Waals surface area (Å²) in [7, 11) is 0. The minimum absolute atomic E-state index is 0.0223. The highest BCUT2D eigenvalue weighted by Crippen LogP contribution is 2.15. The van der Waals surface area contributed by atoms with Gasteiger partial charge in [-0.1, -0.05) is 13.3 Å². The smallest absolute Gasteiger partial charge is 0.338 e. The van der Waals surface area contributed by atoms with Crippen molar-refractivity contribution in [1.29, 1.82) is 0 Å². The van der Waals surface area contributed by atoms with Crippen molar-refractivity contribution in [3.63, 3.8) is 0 Å². The number of hydrogen-bond donors (Lipinski definition) is 0. The van der Waals surface area contributed by atoms with Crippen LogP contribution in [-0.4, -0.2) is 18.5 Å². The molecule has 0 saturated carbocycles. The van der Waals surface area contributed by atoms with E-state index in [1.54, 1.807) is 0 Å². The van der Waals surface area contributed by atoms with E-state index >= 15 is 0 Å². The zero-order chi connectivity index (χ0) is 19.1. The van der Waals surface area contributed by atoms with Crippen molar-refractivity contribution in [2.45, 2.75) is 26.4 Å². The summed E-state index contributed by atoms with van der Waals surface area (Å²) in [5, 5.41) is 0. The van der Waals surface area contributed by atoms with Gasteiger partial charge >= 0.3 is 11.9 Å². The Balaban J connectivity index is 1.94. The Hall–Kier alpha value is -2.83. The quantitative estimate of drug-likeness (QED) is 0.414. The van der Waals surface area contributed by atoms with Crippen molar-refractivity contribution in [3.05, 3.63) is 70.5 Å². The SMILES string of the molecule is CCCCOC(=O)c1ccc(C(=O)OCc2cc(F)c(F)c(F)c2)cc1. The molecule has 2 aromatic carbocycles. The molecule has 4 nitrogen and oxygen atoms in total. The van der Waals surface area contributed by atoms with Gasteiger partial charge in [-0.05, 0) is 48.4 Å². The first-order valence-electron chi connectivity index (χ1n) is 8.00. The Kier molecular flexibility index (Phi) is 6.77. The van der Waals surface area contributed by atoms with Crippen molar-refractivity contribution < 1.29 is 32.2 Å². The molecule has 0 aliphatic carbocycles. The van der Waals surface area contributed by atoms with Crippen LogP contribution in [0.15, 0.2) is 36.4 Å². The van der Waals surface area contributed by atoms with E-state index in [0.717, 1.165) is 25.0 Å². The van der Waals surface area contributed by atoms with E-state index in [0.29, 0.717) is 12.2 Å². The first-order valence-corrected chi connectivity index (χ1v) is 8.00. The van der Waals surface area contributed by atoms with Crippen LogP contribution in [0, 0.1) is 17.5 Å². The van der Waals surface area contributed by atoms with Crippen LogP contribution in [0.2, 0.25) is 0 Å². The van der Waals surface area contributed by atoms with Gasteiger partial charge in [0.15, 0.2) is 17.5 Å². The highest BCUT2D eigenvalue weighted by atomic mass is 19.2. The molecule has 2 aromatic rings. The third-order valence-corrected chi connectivity index (χ3v) is 3.50. The molecule has 0 N–H and O–H groups in total. The molecule has 0 aliphatic heterocycles. The largest absolute Gasteiger partial charge is 0.462 e. The molecule has 0 fully saturated rings. The lowest BCUT2D eigenvalue weighted by Crippen LogP contribution is -2.09. The molecule has 0 bridgehead atoms. The molecule has 0 aromatic heterocycles. The molecule has 0 spiro atoms. The van der Waals surface area contributed by atoms with Crippen LogP contribution in [-0.2, 0) is 16.1 Å². The number of halogens is 3. The first kappa shape index (κ1) is 19.5. The number of carbonyl (C=O) groups excluding carboxylic acids is 2. The monoisotopic (exact) mass is 366 g/mol. The second kappa shape index (κ2) is 9.03. The third kappa shape index (κ3) is 5.08. The lowest BCUT2D eigenvalue weighted by molar-refractivity contribution is 0.0465. The molecule has 0 amide bonds. The predicted octanol–water partition coefficient (Wildman–Crippen LogP) is 4.42. The van der Waals surface area contributed by atoms with E-state index in [1.165, 1.54) is 24.3 Å². The number of carbonyl (C=O) groups is 2. The fraction of sp³-hybridized carbons (Fsp3) is 0.263. The molecule has 26 heavy (non-hydrogen) atoms. The van der Waals surface area contributed by atoms with Gasteiger partial charge in [0.25, 0.3) is 0 Å². The Bertz CT molecular complexity index is 765. The molecule has 0 atom stereocenters. The molecular formula is C19H17F3O4. The zero-order valence-electron chi connectivity index (χ0n) is 14.1. The summed E-state index contributed by atoms with van der Waals surface area (Å²) in [6.45, 7) is 1.88. The first-order chi connectivity index (χ1) is 12.4. The van der Waals surface area contributed by atoms with Gasteiger partial charge in [-0.15, -0.1) is 0 Å². The molecular weight excluding hydrogens is 349 g/mol. The maximum absolute atomic E-state index is 13.1. The third-order valence-electron chi connectivity index (χ3n) is 3.50. The Morgan fingerprint density at radius 2 is 1.38 bits per heavy atom. The van der Waals surface area contributed by atoms with Crippen molar-refractivity contribution in [2.75, 3.05) is 6.61 Å². The standard InChI is InChI=1S/C19H17F3O4/c1-2-3-8-25-18(23)13-4-6-14(7-5-13)19(24)26-11-12-9-15(20)17(22)16(21)10-12/h4-7,9-10H,2-3,8,11H2,1H3. The van der Waals surface area contributed by atoms with Crippen LogP contribution < -0.4 is 0 Å². The van der Waals surface area contributed by atoms with Gasteiger partial charge in [-0.2, -0.15) is 0 Å². The molecule has 0 unspecified atom stereocenters. The summed E-state index contributed by atoms with van der Waals surface area (Å²) >= 11 is 0. The summed E-state index contributed by atoms with van der Waals surface area (Å²) in [4.78, 5) is 23.7. The van der Waals surface area contributed by atoms with Crippen molar-refractivity contribution in [2.24, 2.45) is 0 Å². The average molecular weight is 366 g/mol. The summed E-state index contributed by atoms with van der Waals surface area (Å²) in [6.07, 6.45) is 1.67. The van der Waals surface area contributed by atoms with E-state index < -0.39 is 36.0 Å². The van der Waals surface area contributed by atoms with Gasteiger partial charge in [0.1, 0.15) is 6.61 Å². The number of esters is 2. The van der Waals surface area contributed by atoms with Crippen LogP contribution in [0.4, 0.5) is 13.2 Å². The Morgan fingerprint density at radius 1 is 0.885 bits per heavy atom. The molecule has 0 radical (unpaired) electrons. The predicted molar refractivity (Wildman–Crippen MR) is 87.1 cm³/mol. The van der Waals surface area contributed by atoms with Crippen molar-refractivity contribution in [3.8, 4) is 0 Å². The van der Waals surface area contributed by atoms with Crippen LogP contribution in [0.5, 0.6) is 0 Å². The normalized spacial score (nSPS) is 10.5. The minimum atomic E-state index is -1.58. The average Bonchev–Trinajstić information content (AvgIpc) is 2.64. The number of benzene rings is 2. The minimum Gasteiger partial charge on any atom is -0.462 e. The van der Waals surface area contributed by atoms with Gasteiger partial charge < -0.3 is 9.47 Å². The van der Waals surface area contributed by atoms with Gasteiger partial charge in [0.2, 0.25) is 0 Å². The summed E-state index contributed by atoms with van der Waals surface area (Å²) in [5.41, 5.74) is 0.421. The van der Waals surface area contributed by atoms with Gasteiger partial charge in [0.05, 0.1) is 17.7 Å². The maximum Gasteiger partial charge on any atom is 0.338 e. The van der Waals surface area contributed by atoms with Crippen LogP contribution >= 0.6 is 0 Å². The van der Waals surface area contributed by atoms with E-state index in [9.17, 15) is 22.8 Å². The van der Waals surface area contributed by atoms with E-state index in [1.807, 2.05) is 6.92 Å². The number of ether oxygens (including phenoxy) is 2. The van der Waals surface area contributed by atoms with Crippen LogP contribution in [0.3, 0.4) is 0 Å². The van der Waals surface area contributed by atoms with Gasteiger partial charge in [-0.25, -0.2) is 22.8 Å². The van der Waals surface area contributed by atoms with Crippen LogP contribution in [0.25, 0.3) is 0 Å². The van der Waals surface area contributed by atoms with E-state index in [2.05, 4.69) is 0 Å². The maximum atomic E-state index is 13.1. The van der Waals surface area contributed by atoms with E-state index in [4.69, 9.17) is 9.47 Å². The zero-order valence-corrected chi connectivity index (χ0v) is 14.1. The molecule has 138 valence electrons. The number of unbranched alkanes of at least 4 members (excludes halogenated alkanes) is 1. The number of rotatable bonds is 7. The summed E-state index contributed by atoms with van der Waals surface area (Å²) < 4.78 is 49.1. The fourth-order valence-corrected chi connectivity index (χ4v) is 2.06.